The van der Waals surface area contributed by atoms with E-state index < -0.39 is 14.9 Å². The number of sulfonamides is 1. The van der Waals surface area contributed by atoms with Gasteiger partial charge < -0.3 is 0 Å². The Kier molecular flexibility index (Phi) is 7.32. The molecule has 0 atom stereocenters. The third kappa shape index (κ3) is 4.54. The normalized spacial score (nSPS) is 11.9. The maximum Gasteiger partial charge on any atom is 0.284 e. The number of aromatic nitrogens is 2. The molecule has 0 spiro atoms. The summed E-state index contributed by atoms with van der Waals surface area (Å²) in [7, 11) is -3.85. The van der Waals surface area contributed by atoms with Crippen LogP contribution < -0.4 is 5.56 Å². The number of rotatable bonds is 9. The summed E-state index contributed by atoms with van der Waals surface area (Å²) in [5.74, 6) is 0. The largest absolute Gasteiger partial charge is 0.287 e. The number of benzene rings is 2. The zero-order valence-corrected chi connectivity index (χ0v) is 19.6. The van der Waals surface area contributed by atoms with E-state index in [2.05, 4.69) is 4.98 Å². The van der Waals surface area contributed by atoms with Crippen LogP contribution in [-0.4, -0.2) is 40.3 Å². The molecule has 0 aliphatic carbocycles. The highest BCUT2D eigenvalue weighted by atomic mass is 32.2. The Morgan fingerprint density at radius 1 is 1.12 bits per heavy atom. The van der Waals surface area contributed by atoms with Gasteiger partial charge >= 0.3 is 0 Å². The minimum atomic E-state index is -3.85. The van der Waals surface area contributed by atoms with Gasteiger partial charge in [0, 0.05) is 25.7 Å². The van der Waals surface area contributed by atoms with Gasteiger partial charge in [0.15, 0.2) is 5.16 Å². The van der Waals surface area contributed by atoms with Crippen molar-refractivity contribution in [3.63, 3.8) is 0 Å². The van der Waals surface area contributed by atoms with Gasteiger partial charge in [0.2, 0.25) is 10.0 Å². The van der Waals surface area contributed by atoms with Crippen LogP contribution in [0.15, 0.2) is 62.2 Å². The van der Waals surface area contributed by atoms with Gasteiger partial charge in [0.25, 0.3) is 11.2 Å². The second kappa shape index (κ2) is 9.80. The number of hydrogen-bond acceptors (Lipinski definition) is 7. The van der Waals surface area contributed by atoms with E-state index in [9.17, 15) is 23.3 Å². The maximum atomic E-state index is 13.0. The zero-order chi connectivity index (χ0) is 23.5. The Labute approximate surface area is 190 Å². The van der Waals surface area contributed by atoms with Crippen LogP contribution in [-0.2, 0) is 16.6 Å². The second-order valence-corrected chi connectivity index (χ2v) is 9.89. The molecular formula is C21H24N4O5S2. The van der Waals surface area contributed by atoms with E-state index in [0.29, 0.717) is 29.0 Å². The maximum absolute atomic E-state index is 13.0. The highest BCUT2D eigenvalue weighted by molar-refractivity contribution is 7.99. The van der Waals surface area contributed by atoms with Gasteiger partial charge in [-0.1, -0.05) is 32.9 Å². The van der Waals surface area contributed by atoms with Gasteiger partial charge in [0.05, 0.1) is 25.6 Å². The molecule has 1 aromatic heterocycles. The van der Waals surface area contributed by atoms with Crippen LogP contribution >= 0.6 is 11.8 Å². The van der Waals surface area contributed by atoms with E-state index in [1.54, 1.807) is 38.1 Å². The van der Waals surface area contributed by atoms with Gasteiger partial charge in [-0.05, 0) is 42.4 Å². The molecule has 0 N–H and O–H groups in total. The summed E-state index contributed by atoms with van der Waals surface area (Å²) in [5, 5.41) is 12.6. The van der Waals surface area contributed by atoms with Gasteiger partial charge in [-0.25, -0.2) is 13.4 Å². The predicted molar refractivity (Wildman–Crippen MR) is 124 cm³/mol. The molecule has 11 heteroatoms. The van der Waals surface area contributed by atoms with Crippen LogP contribution in [0.4, 0.5) is 5.69 Å². The van der Waals surface area contributed by atoms with Crippen molar-refractivity contribution in [3.05, 3.63) is 62.9 Å². The Morgan fingerprint density at radius 2 is 1.81 bits per heavy atom. The number of nitro benzene ring substituents is 1. The summed E-state index contributed by atoms with van der Waals surface area (Å²) in [6.45, 7) is 6.25. The first-order chi connectivity index (χ1) is 15.2. The van der Waals surface area contributed by atoms with Gasteiger partial charge in [-0.2, -0.15) is 4.31 Å². The molecule has 0 saturated heterocycles. The average Bonchev–Trinajstić information content (AvgIpc) is 2.77. The number of hydrogen-bond donors (Lipinski definition) is 0. The van der Waals surface area contributed by atoms with E-state index in [1.807, 2.05) is 6.92 Å². The third-order valence-electron chi connectivity index (χ3n) is 4.95. The summed E-state index contributed by atoms with van der Waals surface area (Å²) >= 11 is 0.979. The van der Waals surface area contributed by atoms with E-state index >= 15 is 0 Å². The monoisotopic (exact) mass is 476 g/mol. The van der Waals surface area contributed by atoms with E-state index in [0.717, 1.165) is 17.8 Å². The predicted octanol–water partition coefficient (Wildman–Crippen LogP) is 3.90. The SMILES string of the molecule is CCCn1c(Sc2ccc(S(=O)(=O)N(CC)CC)cc2[N+](=O)[O-])nc2ccccc2c1=O. The molecule has 32 heavy (non-hydrogen) atoms. The van der Waals surface area contributed by atoms with Crippen molar-refractivity contribution in [1.82, 2.24) is 13.9 Å². The lowest BCUT2D eigenvalue weighted by atomic mass is 10.2. The van der Waals surface area contributed by atoms with Crippen molar-refractivity contribution in [3.8, 4) is 0 Å². The Balaban J connectivity index is 2.14. The number of para-hydroxylation sites is 1. The van der Waals surface area contributed by atoms with Crippen molar-refractivity contribution in [2.45, 2.75) is 48.7 Å². The fraction of sp³-hybridized carbons (Fsp3) is 0.333. The lowest BCUT2D eigenvalue weighted by Crippen LogP contribution is -2.30. The number of nitro groups is 1. The fourth-order valence-electron chi connectivity index (χ4n) is 3.34. The van der Waals surface area contributed by atoms with Crippen molar-refractivity contribution in [2.24, 2.45) is 0 Å². The first kappa shape index (κ1) is 23.9. The highest BCUT2D eigenvalue weighted by Gasteiger charge is 2.26. The Morgan fingerprint density at radius 3 is 2.44 bits per heavy atom. The standard InChI is InChI=1S/C21H24N4O5S2/c1-4-13-24-20(26)16-9-7-8-10-17(16)22-21(24)31-19-12-11-15(14-18(19)25(27)28)32(29,30)23(5-2)6-3/h7-12,14H,4-6,13H2,1-3H3. The average molecular weight is 477 g/mol. The minimum absolute atomic E-state index is 0.144. The lowest BCUT2D eigenvalue weighted by molar-refractivity contribution is -0.388. The Bertz CT molecular complexity index is 1320. The number of fused-ring (bicyclic) bond motifs is 1. The van der Waals surface area contributed by atoms with Gasteiger partial charge in [-0.3, -0.25) is 19.5 Å². The molecule has 0 aliphatic heterocycles. The smallest absolute Gasteiger partial charge is 0.284 e. The van der Waals surface area contributed by atoms with Crippen molar-refractivity contribution >= 4 is 38.4 Å². The molecule has 3 aromatic rings. The third-order valence-corrected chi connectivity index (χ3v) is 8.05. The summed E-state index contributed by atoms with van der Waals surface area (Å²) in [6, 6.07) is 10.8. The molecule has 0 aliphatic rings. The summed E-state index contributed by atoms with van der Waals surface area (Å²) < 4.78 is 28.4. The van der Waals surface area contributed by atoms with E-state index in [-0.39, 0.29) is 34.1 Å². The van der Waals surface area contributed by atoms with Crippen LogP contribution in [0.2, 0.25) is 0 Å². The molecule has 3 rings (SSSR count). The summed E-state index contributed by atoms with van der Waals surface area (Å²) in [6.07, 6.45) is 0.677. The quantitative estimate of drug-likeness (QED) is 0.261. The lowest BCUT2D eigenvalue weighted by Gasteiger charge is -2.18. The van der Waals surface area contributed by atoms with Crippen LogP contribution in [0, 0.1) is 10.1 Å². The first-order valence-electron chi connectivity index (χ1n) is 10.2. The number of nitrogens with zero attached hydrogens (tertiary/aromatic N) is 4. The topological polar surface area (TPSA) is 115 Å². The van der Waals surface area contributed by atoms with Crippen LogP contribution in [0.25, 0.3) is 10.9 Å². The van der Waals surface area contributed by atoms with Crippen LogP contribution in [0.3, 0.4) is 0 Å². The molecular weight excluding hydrogens is 452 g/mol. The molecule has 0 unspecified atom stereocenters. The minimum Gasteiger partial charge on any atom is -0.287 e. The van der Waals surface area contributed by atoms with Crippen molar-refractivity contribution < 1.29 is 13.3 Å². The fourth-order valence-corrected chi connectivity index (χ4v) is 5.82. The highest BCUT2D eigenvalue weighted by Crippen LogP contribution is 2.36. The molecule has 0 radical (unpaired) electrons. The molecule has 170 valence electrons. The van der Waals surface area contributed by atoms with Gasteiger partial charge in [0.1, 0.15) is 0 Å². The summed E-state index contributed by atoms with van der Waals surface area (Å²) in [4.78, 5) is 28.8. The zero-order valence-electron chi connectivity index (χ0n) is 18.0. The molecule has 0 fully saturated rings. The molecule has 0 saturated carbocycles. The van der Waals surface area contributed by atoms with E-state index in [1.165, 1.54) is 21.0 Å². The first-order valence-corrected chi connectivity index (χ1v) is 12.5. The Hall–Kier alpha value is -2.76. The molecule has 1 heterocycles. The van der Waals surface area contributed by atoms with Crippen molar-refractivity contribution in [2.75, 3.05) is 13.1 Å². The van der Waals surface area contributed by atoms with E-state index in [4.69, 9.17) is 0 Å². The van der Waals surface area contributed by atoms with Crippen LogP contribution in [0.5, 0.6) is 0 Å². The van der Waals surface area contributed by atoms with Crippen LogP contribution in [0.1, 0.15) is 27.2 Å². The molecule has 0 bridgehead atoms. The second-order valence-electron chi connectivity index (χ2n) is 6.95. The van der Waals surface area contributed by atoms with Gasteiger partial charge in [-0.15, -0.1) is 0 Å². The van der Waals surface area contributed by atoms with Crippen molar-refractivity contribution in [1.29, 1.82) is 0 Å². The summed E-state index contributed by atoms with van der Waals surface area (Å²) in [5.41, 5.74) is -0.0761. The molecule has 9 nitrogen and oxygen atoms in total. The molecule has 2 aromatic carbocycles. The molecule has 0 amide bonds.